The van der Waals surface area contributed by atoms with Crippen molar-refractivity contribution in [2.75, 3.05) is 59.9 Å². The lowest BCUT2D eigenvalue weighted by Crippen LogP contribution is -2.50. The molecule has 56 heavy (non-hydrogen) atoms. The number of nitrogens with zero attached hydrogens (tertiary/aromatic N) is 2. The molecule has 0 bridgehead atoms. The lowest BCUT2D eigenvalue weighted by Gasteiger charge is -2.29. The van der Waals surface area contributed by atoms with Gasteiger partial charge in [0, 0.05) is 51.7 Å². The maximum absolute atomic E-state index is 13.9. The van der Waals surface area contributed by atoms with E-state index in [-0.39, 0.29) is 31.5 Å². The van der Waals surface area contributed by atoms with Crippen LogP contribution in [0.15, 0.2) is 54.6 Å². The molecule has 4 rings (SSSR count). The summed E-state index contributed by atoms with van der Waals surface area (Å²) in [5, 5.41) is 4.47. The Kier molecular flexibility index (Phi) is 15.6. The molecule has 304 valence electrons. The fourth-order valence-electron chi connectivity index (χ4n) is 6.14. The first-order valence-corrected chi connectivity index (χ1v) is 18.7. The molecule has 0 saturated carbocycles. The minimum absolute atomic E-state index is 0.0200. The van der Waals surface area contributed by atoms with Crippen molar-refractivity contribution in [3.8, 4) is 11.5 Å². The van der Waals surface area contributed by atoms with Crippen LogP contribution in [0.4, 0.5) is 10.5 Å². The molecule has 14 heteroatoms. The summed E-state index contributed by atoms with van der Waals surface area (Å²) in [6, 6.07) is 14.2. The number of ketones is 1. The molecule has 3 aromatic carbocycles. The molecule has 1 N–H and O–H groups in total. The lowest BCUT2D eigenvalue weighted by molar-refractivity contribution is -0.144. The largest absolute Gasteiger partial charge is 0.528 e. The van der Waals surface area contributed by atoms with Gasteiger partial charge >= 0.3 is 12.1 Å². The first-order chi connectivity index (χ1) is 26.7. The van der Waals surface area contributed by atoms with Crippen molar-refractivity contribution in [1.29, 1.82) is 0 Å². The van der Waals surface area contributed by atoms with Crippen molar-refractivity contribution in [1.82, 2.24) is 10.4 Å². The third kappa shape index (κ3) is 11.9. The van der Waals surface area contributed by atoms with E-state index in [2.05, 4.69) is 5.32 Å². The van der Waals surface area contributed by atoms with Crippen LogP contribution in [0.1, 0.15) is 95.2 Å². The second-order valence-electron chi connectivity index (χ2n) is 14.5. The molecule has 2 atom stereocenters. The Hall–Kier alpha value is -5.18. The van der Waals surface area contributed by atoms with Crippen molar-refractivity contribution in [3.63, 3.8) is 0 Å². The highest BCUT2D eigenvalue weighted by Crippen LogP contribution is 2.29. The molecule has 0 aliphatic carbocycles. The van der Waals surface area contributed by atoms with Crippen molar-refractivity contribution < 1.29 is 52.4 Å². The molecule has 0 unspecified atom stereocenters. The van der Waals surface area contributed by atoms with Crippen LogP contribution >= 0.6 is 0 Å². The normalized spacial score (nSPS) is 15.9. The number of carbonyl (C=O) groups excluding carboxylic acids is 4. The average Bonchev–Trinajstić information content (AvgIpc) is 3.34. The summed E-state index contributed by atoms with van der Waals surface area (Å²) in [6.07, 6.45) is 0.387. The number of hydrogen-bond acceptors (Lipinski definition) is 13. The van der Waals surface area contributed by atoms with Crippen LogP contribution in [0.2, 0.25) is 0 Å². The summed E-state index contributed by atoms with van der Waals surface area (Å²) in [5.41, 5.74) is 3.01. The third-order valence-electron chi connectivity index (χ3n) is 8.94. The van der Waals surface area contributed by atoms with Gasteiger partial charge in [-0.25, -0.2) is 9.59 Å². The Morgan fingerprint density at radius 3 is 2.05 bits per heavy atom. The summed E-state index contributed by atoms with van der Waals surface area (Å²) in [5.74, 6) is -0.291. The van der Waals surface area contributed by atoms with E-state index in [1.54, 1.807) is 64.3 Å². The van der Waals surface area contributed by atoms with Gasteiger partial charge in [0.15, 0.2) is 19.4 Å². The number of rotatable bonds is 16. The number of anilines is 1. The van der Waals surface area contributed by atoms with Crippen LogP contribution in [0.3, 0.4) is 0 Å². The molecule has 0 radical (unpaired) electrons. The summed E-state index contributed by atoms with van der Waals surface area (Å²) in [4.78, 5) is 61.4. The minimum Gasteiger partial charge on any atom is -0.467 e. The summed E-state index contributed by atoms with van der Waals surface area (Å²) < 4.78 is 33.1. The van der Waals surface area contributed by atoms with Crippen molar-refractivity contribution in [2.24, 2.45) is 0 Å². The van der Waals surface area contributed by atoms with E-state index < -0.39 is 35.8 Å². The number of amides is 1. The van der Waals surface area contributed by atoms with Gasteiger partial charge < -0.3 is 43.5 Å². The van der Waals surface area contributed by atoms with Crippen LogP contribution in [-0.4, -0.2) is 102 Å². The Morgan fingerprint density at radius 2 is 1.46 bits per heavy atom. The number of nitrogens with one attached hydrogen (secondary N) is 1. The Labute approximate surface area is 329 Å². The molecule has 1 fully saturated rings. The lowest BCUT2D eigenvalue weighted by atomic mass is 9.99. The zero-order valence-corrected chi connectivity index (χ0v) is 33.9. The van der Waals surface area contributed by atoms with E-state index in [4.69, 9.17) is 33.3 Å². The zero-order chi connectivity index (χ0) is 41.0. The van der Waals surface area contributed by atoms with Gasteiger partial charge in [-0.15, -0.1) is 5.06 Å². The number of methoxy groups -OCH3 is 2. The predicted molar refractivity (Wildman–Crippen MR) is 209 cm³/mol. The number of hydrogen-bond donors (Lipinski definition) is 1. The molecule has 1 aliphatic heterocycles. The van der Waals surface area contributed by atoms with E-state index in [9.17, 15) is 19.2 Å². The average molecular weight is 778 g/mol. The highest BCUT2D eigenvalue weighted by atomic mass is 16.8. The number of aryl methyl sites for hydroxylation is 2. The number of hydroxylamine groups is 2. The van der Waals surface area contributed by atoms with Crippen LogP contribution in [0.25, 0.3) is 0 Å². The van der Waals surface area contributed by atoms with Gasteiger partial charge in [-0.05, 0) is 100 Å². The zero-order valence-electron chi connectivity index (χ0n) is 33.9. The minimum atomic E-state index is -0.884. The van der Waals surface area contributed by atoms with Crippen molar-refractivity contribution in [3.05, 3.63) is 88.0 Å². The molecule has 1 amide bonds. The SMILES string of the molecule is CCc1cc(C(=O)N[C@@H]2CN(OC(=O)OC(C)(C)C)CCC[C@H]2OC(=O)c2ccc(C(=O)c3cc(N(C)C)ccc3OCOC)cc2)cc(CC)c1OCOC. The van der Waals surface area contributed by atoms with Crippen LogP contribution in [0, 0.1) is 0 Å². The molecular weight excluding hydrogens is 722 g/mol. The van der Waals surface area contributed by atoms with E-state index in [0.717, 1.165) is 16.8 Å². The smallest absolute Gasteiger partial charge is 0.467 e. The molecule has 0 spiro atoms. The number of carbonyl (C=O) groups is 4. The molecule has 0 aromatic heterocycles. The van der Waals surface area contributed by atoms with Gasteiger partial charge in [-0.2, -0.15) is 0 Å². The van der Waals surface area contributed by atoms with Crippen molar-refractivity contribution >= 4 is 29.5 Å². The molecule has 3 aromatic rings. The van der Waals surface area contributed by atoms with E-state index in [1.807, 2.05) is 38.9 Å². The Bertz CT molecular complexity index is 1800. The van der Waals surface area contributed by atoms with Gasteiger partial charge in [0.25, 0.3) is 5.91 Å². The van der Waals surface area contributed by atoms with Gasteiger partial charge in [0.05, 0.1) is 23.7 Å². The number of benzene rings is 3. The van der Waals surface area contributed by atoms with E-state index in [1.165, 1.54) is 24.3 Å². The first-order valence-electron chi connectivity index (χ1n) is 18.7. The fourth-order valence-corrected chi connectivity index (χ4v) is 6.14. The molecule has 1 aliphatic rings. The van der Waals surface area contributed by atoms with Crippen LogP contribution < -0.4 is 19.7 Å². The van der Waals surface area contributed by atoms with E-state index in [0.29, 0.717) is 60.4 Å². The Balaban J connectivity index is 1.58. The highest BCUT2D eigenvalue weighted by Gasteiger charge is 2.34. The molecular formula is C42H55N3O11. The van der Waals surface area contributed by atoms with Crippen molar-refractivity contribution in [2.45, 2.75) is 78.0 Å². The van der Waals surface area contributed by atoms with Crippen LogP contribution in [-0.2, 0) is 36.6 Å². The summed E-state index contributed by atoms with van der Waals surface area (Å²) in [7, 11) is 6.79. The van der Waals surface area contributed by atoms with Gasteiger partial charge in [0.2, 0.25) is 0 Å². The second-order valence-corrected chi connectivity index (χ2v) is 14.5. The standard InChI is InChI=1S/C42H55N3O11/c1-10-27-21-31(22-28(11-2)38(27)53-26-51-9)39(47)43-34-24-45(56-41(49)55-42(3,4)5)20-12-13-36(34)54-40(48)30-16-14-29(15-17-30)37(46)33-23-32(44(6)7)18-19-35(33)52-25-50-8/h14-19,21-23,34,36H,10-13,20,24-26H2,1-9H3,(H,43,47)/t34-,36-/m1/s1. The molecule has 1 heterocycles. The summed E-state index contributed by atoms with van der Waals surface area (Å²) >= 11 is 0. The number of esters is 1. The van der Waals surface area contributed by atoms with Gasteiger partial charge in [-0.3, -0.25) is 9.59 Å². The van der Waals surface area contributed by atoms with Gasteiger partial charge in [-0.1, -0.05) is 26.0 Å². The number of ether oxygens (including phenoxy) is 6. The monoisotopic (exact) mass is 777 g/mol. The molecule has 1 saturated heterocycles. The second kappa shape index (κ2) is 20.1. The van der Waals surface area contributed by atoms with E-state index >= 15 is 0 Å². The summed E-state index contributed by atoms with van der Waals surface area (Å²) in [6.45, 7) is 9.52. The van der Waals surface area contributed by atoms with Gasteiger partial charge in [0.1, 0.15) is 23.2 Å². The third-order valence-corrected chi connectivity index (χ3v) is 8.94. The fraction of sp³-hybridized carbons (Fsp3) is 0.476. The first kappa shape index (κ1) is 43.5. The highest BCUT2D eigenvalue weighted by molar-refractivity contribution is 6.11. The maximum Gasteiger partial charge on any atom is 0.528 e. The topological polar surface area (TPSA) is 151 Å². The quantitative estimate of drug-likeness (QED) is 0.0977. The van der Waals surface area contributed by atoms with Crippen LogP contribution in [0.5, 0.6) is 11.5 Å². The Morgan fingerprint density at radius 1 is 0.839 bits per heavy atom. The maximum atomic E-state index is 13.9. The molecule has 14 nitrogen and oxygen atoms in total. The predicted octanol–water partition coefficient (Wildman–Crippen LogP) is 6.36.